The number of aromatic nitrogens is 5. The van der Waals surface area contributed by atoms with Crippen molar-refractivity contribution in [3.63, 3.8) is 0 Å². The topological polar surface area (TPSA) is 111 Å². The van der Waals surface area contributed by atoms with Gasteiger partial charge in [0.1, 0.15) is 0 Å². The number of pyridine rings is 1. The number of aryl methyl sites for hydroxylation is 1. The number of imidazole rings is 1. The van der Waals surface area contributed by atoms with E-state index in [2.05, 4.69) is 50.3 Å². The number of rotatable bonds is 5. The van der Waals surface area contributed by atoms with Gasteiger partial charge in [0.15, 0.2) is 0 Å². The van der Waals surface area contributed by atoms with Crippen molar-refractivity contribution in [3.8, 4) is 17.1 Å². The molecule has 7 rings (SSSR count). The first-order chi connectivity index (χ1) is 21.0. The molecule has 2 aliphatic heterocycles. The molecular formula is C32H40N8O3. The van der Waals surface area contributed by atoms with Gasteiger partial charge in [0.2, 0.25) is 11.8 Å². The number of benzene rings is 1. The molecule has 1 aromatic carbocycles. The summed E-state index contributed by atoms with van der Waals surface area (Å²) in [6.45, 7) is 10.9. The lowest BCUT2D eigenvalue weighted by atomic mass is 10.1. The van der Waals surface area contributed by atoms with Crippen molar-refractivity contribution in [1.29, 1.82) is 0 Å². The Bertz CT molecular complexity index is 1620. The Labute approximate surface area is 251 Å². The molecule has 226 valence electrons. The second-order valence-corrected chi connectivity index (χ2v) is 12.1. The van der Waals surface area contributed by atoms with Gasteiger partial charge in [-0.2, -0.15) is 5.10 Å². The van der Waals surface area contributed by atoms with Crippen LogP contribution in [0.2, 0.25) is 0 Å². The number of ether oxygens (including phenoxy) is 2. The molecule has 43 heavy (non-hydrogen) atoms. The highest BCUT2D eigenvalue weighted by Gasteiger charge is 2.30. The molecular weight excluding hydrogens is 544 g/mol. The molecule has 1 atom stereocenters. The van der Waals surface area contributed by atoms with Crippen LogP contribution in [0.5, 0.6) is 5.88 Å². The average molecular weight is 585 g/mol. The van der Waals surface area contributed by atoms with E-state index in [1.54, 1.807) is 0 Å². The van der Waals surface area contributed by atoms with Gasteiger partial charge in [-0.15, -0.1) is 0 Å². The summed E-state index contributed by atoms with van der Waals surface area (Å²) in [7, 11) is 0. The fourth-order valence-corrected chi connectivity index (χ4v) is 6.07. The first-order valence-corrected chi connectivity index (χ1v) is 15.6. The standard InChI is InChI=1S/C32H40N8O3/c1-21-4-3-13-43-31-26(19-34-40(31)25-6-7-25)27-17-23(16-22(2)35-27)30(41)37-32-36-28-18-24(5-8-29(28)39(32)20-21)33-9-10-38-11-14-42-15-12-38/h5,8,16-19,21,25,33H,3-4,6-7,9-15,20H2,1-2H3,(H,36,37,41)/t21-/m1/s1. The molecule has 1 saturated carbocycles. The lowest BCUT2D eigenvalue weighted by Gasteiger charge is -2.26. The Morgan fingerprint density at radius 3 is 2.77 bits per heavy atom. The number of hydrogen-bond donors (Lipinski definition) is 2. The second-order valence-electron chi connectivity index (χ2n) is 12.1. The average Bonchev–Trinajstić information content (AvgIpc) is 3.68. The number of anilines is 2. The number of amides is 1. The van der Waals surface area contributed by atoms with Crippen LogP contribution >= 0.6 is 0 Å². The molecule has 1 saturated heterocycles. The Hall–Kier alpha value is -3.96. The zero-order valence-corrected chi connectivity index (χ0v) is 25.0. The number of nitrogens with one attached hydrogen (secondary N) is 2. The van der Waals surface area contributed by atoms with Crippen LogP contribution in [-0.4, -0.2) is 81.1 Å². The third kappa shape index (κ3) is 6.09. The lowest BCUT2D eigenvalue weighted by Crippen LogP contribution is -2.38. The predicted molar refractivity (Wildman–Crippen MR) is 166 cm³/mol. The van der Waals surface area contributed by atoms with Crippen LogP contribution in [-0.2, 0) is 11.3 Å². The van der Waals surface area contributed by atoms with Gasteiger partial charge in [-0.05, 0) is 68.9 Å². The molecule has 11 heteroatoms. The Morgan fingerprint density at radius 1 is 1.07 bits per heavy atom. The minimum absolute atomic E-state index is 0.216. The van der Waals surface area contributed by atoms with E-state index in [1.807, 2.05) is 29.9 Å². The van der Waals surface area contributed by atoms with Gasteiger partial charge in [-0.1, -0.05) is 6.92 Å². The van der Waals surface area contributed by atoms with Gasteiger partial charge in [-0.25, -0.2) is 9.67 Å². The quantitative estimate of drug-likeness (QED) is 0.346. The first kappa shape index (κ1) is 27.8. The van der Waals surface area contributed by atoms with Gasteiger partial charge in [0, 0.05) is 49.7 Å². The Morgan fingerprint density at radius 2 is 1.93 bits per heavy atom. The van der Waals surface area contributed by atoms with Gasteiger partial charge in [-0.3, -0.25) is 20.0 Å². The molecule has 2 N–H and O–H groups in total. The minimum atomic E-state index is -0.216. The molecule has 11 nitrogen and oxygen atoms in total. The Kier molecular flexibility index (Phi) is 7.75. The van der Waals surface area contributed by atoms with E-state index in [1.165, 1.54) is 0 Å². The van der Waals surface area contributed by atoms with Crippen LogP contribution in [0.3, 0.4) is 0 Å². The fourth-order valence-electron chi connectivity index (χ4n) is 6.07. The van der Waals surface area contributed by atoms with Crippen LogP contribution in [0.1, 0.15) is 54.7 Å². The maximum absolute atomic E-state index is 13.7. The molecule has 3 aromatic heterocycles. The van der Waals surface area contributed by atoms with E-state index in [4.69, 9.17) is 19.4 Å². The van der Waals surface area contributed by atoms with Gasteiger partial charge in [0.25, 0.3) is 5.91 Å². The van der Waals surface area contributed by atoms with Crippen molar-refractivity contribution in [2.45, 2.75) is 52.1 Å². The molecule has 4 aromatic rings. The maximum atomic E-state index is 13.7. The number of fused-ring (bicyclic) bond motifs is 7. The number of morpholine rings is 1. The molecule has 0 radical (unpaired) electrons. The summed E-state index contributed by atoms with van der Waals surface area (Å²) in [4.78, 5) is 25.8. The van der Waals surface area contributed by atoms with Crippen LogP contribution in [0.15, 0.2) is 36.5 Å². The molecule has 1 aliphatic carbocycles. The molecule has 5 heterocycles. The zero-order chi connectivity index (χ0) is 29.3. The third-order valence-corrected chi connectivity index (χ3v) is 8.54. The van der Waals surface area contributed by atoms with E-state index in [0.717, 1.165) is 105 Å². The van der Waals surface area contributed by atoms with Crippen molar-refractivity contribution in [2.75, 3.05) is 56.6 Å². The van der Waals surface area contributed by atoms with E-state index in [-0.39, 0.29) is 5.91 Å². The van der Waals surface area contributed by atoms with Crippen molar-refractivity contribution in [3.05, 3.63) is 47.8 Å². The third-order valence-electron chi connectivity index (χ3n) is 8.54. The summed E-state index contributed by atoms with van der Waals surface area (Å²) in [5, 5.41) is 11.3. The summed E-state index contributed by atoms with van der Waals surface area (Å²) in [5.74, 6) is 1.45. The molecule has 3 aliphatic rings. The number of hydrogen-bond acceptors (Lipinski definition) is 8. The van der Waals surface area contributed by atoms with Crippen molar-refractivity contribution in [2.24, 2.45) is 5.92 Å². The number of nitrogens with zero attached hydrogens (tertiary/aromatic N) is 6. The first-order valence-electron chi connectivity index (χ1n) is 15.6. The summed E-state index contributed by atoms with van der Waals surface area (Å²) >= 11 is 0. The van der Waals surface area contributed by atoms with E-state index in [9.17, 15) is 4.79 Å². The summed E-state index contributed by atoms with van der Waals surface area (Å²) in [6.07, 6.45) is 5.92. The summed E-state index contributed by atoms with van der Waals surface area (Å²) in [6, 6.07) is 10.3. The largest absolute Gasteiger partial charge is 0.477 e. The summed E-state index contributed by atoms with van der Waals surface area (Å²) < 4.78 is 16.0. The molecule has 0 spiro atoms. The van der Waals surface area contributed by atoms with E-state index in [0.29, 0.717) is 35.8 Å². The van der Waals surface area contributed by atoms with E-state index >= 15 is 0 Å². The molecule has 1 amide bonds. The smallest absolute Gasteiger partial charge is 0.258 e. The zero-order valence-electron chi connectivity index (χ0n) is 25.0. The van der Waals surface area contributed by atoms with Crippen LogP contribution in [0.25, 0.3) is 22.3 Å². The van der Waals surface area contributed by atoms with Gasteiger partial charge >= 0.3 is 0 Å². The number of carbonyl (C=O) groups excluding carboxylic acids is 1. The van der Waals surface area contributed by atoms with Crippen molar-refractivity contribution < 1.29 is 14.3 Å². The van der Waals surface area contributed by atoms with Crippen LogP contribution in [0.4, 0.5) is 11.6 Å². The second kappa shape index (κ2) is 12.0. The van der Waals surface area contributed by atoms with Crippen molar-refractivity contribution >= 4 is 28.6 Å². The highest BCUT2D eigenvalue weighted by molar-refractivity contribution is 6.05. The molecule has 2 bridgehead atoms. The normalized spacial score (nSPS) is 20.0. The summed E-state index contributed by atoms with van der Waals surface area (Å²) in [5.41, 5.74) is 5.68. The predicted octanol–water partition coefficient (Wildman–Crippen LogP) is 4.74. The maximum Gasteiger partial charge on any atom is 0.258 e. The minimum Gasteiger partial charge on any atom is -0.477 e. The Balaban J connectivity index is 1.18. The van der Waals surface area contributed by atoms with Gasteiger partial charge in [0.05, 0.1) is 54.4 Å². The monoisotopic (exact) mass is 584 g/mol. The molecule has 2 fully saturated rings. The fraction of sp³-hybridized carbons (Fsp3) is 0.500. The highest BCUT2D eigenvalue weighted by Crippen LogP contribution is 2.41. The van der Waals surface area contributed by atoms with E-state index < -0.39 is 0 Å². The van der Waals surface area contributed by atoms with Crippen LogP contribution < -0.4 is 15.4 Å². The number of carbonyl (C=O) groups is 1. The van der Waals surface area contributed by atoms with Gasteiger partial charge < -0.3 is 19.4 Å². The van der Waals surface area contributed by atoms with Crippen molar-refractivity contribution in [1.82, 2.24) is 29.2 Å². The highest BCUT2D eigenvalue weighted by atomic mass is 16.5. The lowest BCUT2D eigenvalue weighted by molar-refractivity contribution is 0.0398. The molecule has 0 unspecified atom stereocenters. The SMILES string of the molecule is Cc1cc2cc(n1)-c1cnn(C3CC3)c1OCCC[C@@H](C)Cn1c(nc3cc(NCCN4CCOCC4)ccc31)NC2=O. The van der Waals surface area contributed by atoms with Crippen LogP contribution in [0, 0.1) is 12.8 Å².